The Morgan fingerprint density at radius 3 is 2.52 bits per heavy atom. The zero-order valence-corrected chi connectivity index (χ0v) is 12.5. The molecule has 21 heavy (non-hydrogen) atoms. The number of hydrogen-bond donors (Lipinski definition) is 1. The van der Waals surface area contributed by atoms with Gasteiger partial charge in [0, 0.05) is 16.6 Å². The molecule has 0 spiro atoms. The number of rotatable bonds is 4. The average Bonchev–Trinajstić information content (AvgIpc) is 2.45. The molecule has 6 heteroatoms. The van der Waals surface area contributed by atoms with Gasteiger partial charge in [0.15, 0.2) is 0 Å². The van der Waals surface area contributed by atoms with Crippen molar-refractivity contribution < 1.29 is 17.9 Å². The standard InChI is InChI=1S/C15H13BrF3NO/c16-13-4-5-14(11(7-13)8-20)21-9-10-2-1-3-12(6-10)15(17,18)19/h1-7H,8-9,20H2. The van der Waals surface area contributed by atoms with Crippen molar-refractivity contribution in [2.75, 3.05) is 0 Å². The number of alkyl halides is 3. The average molecular weight is 360 g/mol. The minimum Gasteiger partial charge on any atom is -0.489 e. The Morgan fingerprint density at radius 2 is 1.86 bits per heavy atom. The number of nitrogens with two attached hydrogens (primary N) is 1. The van der Waals surface area contributed by atoms with Crippen LogP contribution < -0.4 is 10.5 Å². The van der Waals surface area contributed by atoms with Crippen molar-refractivity contribution in [1.82, 2.24) is 0 Å². The molecule has 0 atom stereocenters. The van der Waals surface area contributed by atoms with Crippen LogP contribution in [0.4, 0.5) is 13.2 Å². The van der Waals surface area contributed by atoms with E-state index in [9.17, 15) is 13.2 Å². The molecule has 0 radical (unpaired) electrons. The molecule has 0 aliphatic heterocycles. The van der Waals surface area contributed by atoms with Crippen molar-refractivity contribution in [2.45, 2.75) is 19.3 Å². The smallest absolute Gasteiger partial charge is 0.416 e. The third-order valence-corrected chi connectivity index (χ3v) is 3.38. The minimum absolute atomic E-state index is 0.0541. The van der Waals surface area contributed by atoms with E-state index in [0.29, 0.717) is 11.3 Å². The molecule has 112 valence electrons. The molecule has 0 heterocycles. The third-order valence-electron chi connectivity index (χ3n) is 2.89. The molecule has 2 N–H and O–H groups in total. The van der Waals surface area contributed by atoms with Crippen LogP contribution in [-0.2, 0) is 19.3 Å². The highest BCUT2D eigenvalue weighted by molar-refractivity contribution is 9.10. The zero-order chi connectivity index (χ0) is 15.5. The van der Waals surface area contributed by atoms with Gasteiger partial charge in [-0.15, -0.1) is 0 Å². The molecule has 2 rings (SSSR count). The largest absolute Gasteiger partial charge is 0.489 e. The van der Waals surface area contributed by atoms with E-state index >= 15 is 0 Å². The fraction of sp³-hybridized carbons (Fsp3) is 0.200. The first kappa shape index (κ1) is 15.9. The lowest BCUT2D eigenvalue weighted by atomic mass is 10.1. The van der Waals surface area contributed by atoms with E-state index in [2.05, 4.69) is 15.9 Å². The normalized spacial score (nSPS) is 11.5. The van der Waals surface area contributed by atoms with Crippen LogP contribution in [0.3, 0.4) is 0 Å². The van der Waals surface area contributed by atoms with Gasteiger partial charge in [0.25, 0.3) is 0 Å². The summed E-state index contributed by atoms with van der Waals surface area (Å²) < 4.78 is 44.3. The molecular formula is C15H13BrF3NO. The maximum absolute atomic E-state index is 12.6. The van der Waals surface area contributed by atoms with Crippen molar-refractivity contribution in [3.05, 3.63) is 63.6 Å². The van der Waals surface area contributed by atoms with Gasteiger partial charge < -0.3 is 10.5 Å². The molecule has 0 fully saturated rings. The summed E-state index contributed by atoms with van der Waals surface area (Å²) in [6.45, 7) is 0.343. The van der Waals surface area contributed by atoms with Gasteiger partial charge in [-0.1, -0.05) is 28.1 Å². The lowest BCUT2D eigenvalue weighted by Crippen LogP contribution is -2.07. The Hall–Kier alpha value is -1.53. The molecule has 0 aliphatic rings. The Bertz CT molecular complexity index is 629. The monoisotopic (exact) mass is 359 g/mol. The van der Waals surface area contributed by atoms with E-state index in [1.807, 2.05) is 6.07 Å². The van der Waals surface area contributed by atoms with Gasteiger partial charge in [-0.2, -0.15) is 13.2 Å². The summed E-state index contributed by atoms with van der Waals surface area (Å²) in [6.07, 6.45) is -4.35. The fourth-order valence-electron chi connectivity index (χ4n) is 1.85. The van der Waals surface area contributed by atoms with Crippen molar-refractivity contribution in [3.8, 4) is 5.75 Å². The second-order valence-electron chi connectivity index (χ2n) is 4.44. The SMILES string of the molecule is NCc1cc(Br)ccc1OCc1cccc(C(F)(F)F)c1. The first-order valence-corrected chi connectivity index (χ1v) is 6.97. The van der Waals surface area contributed by atoms with Gasteiger partial charge in [-0.3, -0.25) is 0 Å². The molecule has 2 aromatic rings. The molecule has 0 aliphatic carbocycles. The van der Waals surface area contributed by atoms with E-state index in [-0.39, 0.29) is 13.2 Å². The number of halogens is 4. The summed E-state index contributed by atoms with van der Waals surface area (Å²) in [5, 5.41) is 0. The summed E-state index contributed by atoms with van der Waals surface area (Å²) in [5.74, 6) is 0.568. The summed E-state index contributed by atoms with van der Waals surface area (Å²) in [7, 11) is 0. The fourth-order valence-corrected chi connectivity index (χ4v) is 2.26. The van der Waals surface area contributed by atoms with Crippen LogP contribution in [-0.4, -0.2) is 0 Å². The second-order valence-corrected chi connectivity index (χ2v) is 5.36. The molecule has 2 aromatic carbocycles. The summed E-state index contributed by atoms with van der Waals surface area (Å²) in [5.41, 5.74) is 6.18. The highest BCUT2D eigenvalue weighted by Gasteiger charge is 2.30. The predicted octanol–water partition coefficient (Wildman–Crippen LogP) is 4.51. The number of hydrogen-bond acceptors (Lipinski definition) is 2. The van der Waals surface area contributed by atoms with Gasteiger partial charge in [-0.05, 0) is 35.9 Å². The van der Waals surface area contributed by atoms with Crippen molar-refractivity contribution in [3.63, 3.8) is 0 Å². The Kier molecular flexibility index (Phi) is 4.90. The topological polar surface area (TPSA) is 35.2 Å². The van der Waals surface area contributed by atoms with Gasteiger partial charge in [0.2, 0.25) is 0 Å². The van der Waals surface area contributed by atoms with E-state index < -0.39 is 11.7 Å². The molecule has 2 nitrogen and oxygen atoms in total. The Labute approximate surface area is 128 Å². The summed E-state index contributed by atoms with van der Waals surface area (Å²) >= 11 is 3.33. The quantitative estimate of drug-likeness (QED) is 0.871. The first-order chi connectivity index (χ1) is 9.90. The summed E-state index contributed by atoms with van der Waals surface area (Å²) in [4.78, 5) is 0. The van der Waals surface area contributed by atoms with Crippen LogP contribution >= 0.6 is 15.9 Å². The van der Waals surface area contributed by atoms with Crippen molar-refractivity contribution >= 4 is 15.9 Å². The highest BCUT2D eigenvalue weighted by atomic mass is 79.9. The van der Waals surface area contributed by atoms with Crippen LogP contribution in [0.25, 0.3) is 0 Å². The van der Waals surface area contributed by atoms with Crippen LogP contribution in [0.15, 0.2) is 46.9 Å². The lowest BCUT2D eigenvalue weighted by Gasteiger charge is -2.12. The molecular weight excluding hydrogens is 347 g/mol. The van der Waals surface area contributed by atoms with Crippen molar-refractivity contribution in [1.29, 1.82) is 0 Å². The molecule has 0 bridgehead atoms. The molecule has 0 saturated heterocycles. The lowest BCUT2D eigenvalue weighted by molar-refractivity contribution is -0.137. The molecule has 0 amide bonds. The maximum Gasteiger partial charge on any atom is 0.416 e. The van der Waals surface area contributed by atoms with E-state index in [4.69, 9.17) is 10.5 Å². The van der Waals surface area contributed by atoms with Gasteiger partial charge in [0.1, 0.15) is 12.4 Å². The molecule has 0 aromatic heterocycles. The second kappa shape index (κ2) is 6.49. The van der Waals surface area contributed by atoms with E-state index in [1.54, 1.807) is 18.2 Å². The predicted molar refractivity (Wildman–Crippen MR) is 77.8 cm³/mol. The summed E-state index contributed by atoms with van der Waals surface area (Å²) in [6, 6.07) is 10.4. The van der Waals surface area contributed by atoms with Gasteiger partial charge >= 0.3 is 6.18 Å². The van der Waals surface area contributed by atoms with Crippen LogP contribution in [0.1, 0.15) is 16.7 Å². The van der Waals surface area contributed by atoms with Crippen LogP contribution in [0, 0.1) is 0 Å². The number of benzene rings is 2. The van der Waals surface area contributed by atoms with Crippen LogP contribution in [0.2, 0.25) is 0 Å². The third kappa shape index (κ3) is 4.22. The Balaban J connectivity index is 2.13. The van der Waals surface area contributed by atoms with Crippen molar-refractivity contribution in [2.24, 2.45) is 5.73 Å². The zero-order valence-electron chi connectivity index (χ0n) is 11.0. The molecule has 0 unspecified atom stereocenters. The number of ether oxygens (including phenoxy) is 1. The Morgan fingerprint density at radius 1 is 1.10 bits per heavy atom. The maximum atomic E-state index is 12.6. The molecule has 0 saturated carbocycles. The highest BCUT2D eigenvalue weighted by Crippen LogP contribution is 2.30. The van der Waals surface area contributed by atoms with E-state index in [1.165, 1.54) is 6.07 Å². The first-order valence-electron chi connectivity index (χ1n) is 6.17. The minimum atomic E-state index is -4.35. The van der Waals surface area contributed by atoms with Gasteiger partial charge in [0.05, 0.1) is 5.56 Å². The van der Waals surface area contributed by atoms with Crippen LogP contribution in [0.5, 0.6) is 5.75 Å². The van der Waals surface area contributed by atoms with Gasteiger partial charge in [-0.25, -0.2) is 0 Å². The van der Waals surface area contributed by atoms with E-state index in [0.717, 1.165) is 22.2 Å².